The Kier molecular flexibility index (Phi) is 19.8. The number of nitrogens with zero attached hydrogens (tertiary/aromatic N) is 1. The molecule has 4 rings (SSSR count). The molecule has 2 N–H and O–H groups in total. The minimum Gasteiger partial charge on any atom is -0.462 e. The lowest BCUT2D eigenvalue weighted by molar-refractivity contribution is -0.374. The second kappa shape index (κ2) is 24.7. The Morgan fingerprint density at radius 1 is 0.815 bits per heavy atom. The van der Waals surface area contributed by atoms with Gasteiger partial charge in [0.05, 0.1) is 32.3 Å². The average molecular weight is 919 g/mol. The van der Waals surface area contributed by atoms with Crippen LogP contribution in [0.4, 0.5) is 0 Å². The third-order valence-corrected chi connectivity index (χ3v) is 9.99. The Labute approximate surface area is 376 Å². The molecule has 2 aromatic rings. The first-order valence-electron chi connectivity index (χ1n) is 20.6. The summed E-state index contributed by atoms with van der Waals surface area (Å²) in [5.74, 6) is -9.44. The lowest BCUT2D eigenvalue weighted by Gasteiger charge is -2.51. The molecule has 2 aromatic carbocycles. The lowest BCUT2D eigenvalue weighted by atomic mass is 9.87. The molecule has 358 valence electrons. The molecule has 0 spiro atoms. The highest BCUT2D eigenvalue weighted by Gasteiger charge is 2.62. The summed E-state index contributed by atoms with van der Waals surface area (Å²) in [4.78, 5) is 92.1. The Morgan fingerprint density at radius 3 is 1.97 bits per heavy atom. The number of nitrogens with one attached hydrogen (secondary N) is 1. The van der Waals surface area contributed by atoms with Gasteiger partial charge in [0.2, 0.25) is 5.91 Å². The number of amides is 2. The summed E-state index contributed by atoms with van der Waals surface area (Å²) in [6, 6.07) is 16.5. The highest BCUT2D eigenvalue weighted by atomic mass is 16.8. The maximum absolute atomic E-state index is 14.8. The molecule has 0 aliphatic carbocycles. The normalized spacial score (nSPS) is 26.0. The first kappa shape index (κ1) is 52.1. The number of methoxy groups -OCH3 is 1. The Bertz CT molecular complexity index is 1920. The van der Waals surface area contributed by atoms with Gasteiger partial charge in [0.15, 0.2) is 25.1 Å². The summed E-state index contributed by atoms with van der Waals surface area (Å²) in [6.07, 6.45) is -15.4. The molecule has 2 aliphatic heterocycles. The minimum absolute atomic E-state index is 0.106. The van der Waals surface area contributed by atoms with E-state index in [0.717, 1.165) is 45.1 Å². The van der Waals surface area contributed by atoms with Crippen molar-refractivity contribution in [2.45, 2.75) is 121 Å². The lowest BCUT2D eigenvalue weighted by Crippen LogP contribution is -2.71. The van der Waals surface area contributed by atoms with Crippen molar-refractivity contribution in [3.05, 3.63) is 71.8 Å². The molecule has 2 heterocycles. The van der Waals surface area contributed by atoms with E-state index in [1.807, 2.05) is 30.3 Å². The van der Waals surface area contributed by atoms with Crippen molar-refractivity contribution in [1.82, 2.24) is 10.2 Å². The van der Waals surface area contributed by atoms with Crippen molar-refractivity contribution in [3.63, 3.8) is 0 Å². The highest BCUT2D eigenvalue weighted by molar-refractivity contribution is 5.83. The molecular weight excluding hydrogens is 860 g/mol. The van der Waals surface area contributed by atoms with Crippen LogP contribution in [0.3, 0.4) is 0 Å². The largest absolute Gasteiger partial charge is 0.462 e. The molecule has 2 saturated heterocycles. The van der Waals surface area contributed by atoms with Crippen LogP contribution in [0, 0.1) is 0 Å². The Hall–Kier alpha value is -5.55. The predicted octanol–water partition coefficient (Wildman–Crippen LogP) is 0.886. The van der Waals surface area contributed by atoms with Gasteiger partial charge in [0.1, 0.15) is 43.2 Å². The number of hydrogen-bond acceptors (Lipinski definition) is 19. The van der Waals surface area contributed by atoms with Gasteiger partial charge in [-0.25, -0.2) is 4.79 Å². The van der Waals surface area contributed by atoms with Crippen LogP contribution in [0.2, 0.25) is 0 Å². The highest BCUT2D eigenvalue weighted by Crippen LogP contribution is 2.41. The van der Waals surface area contributed by atoms with Crippen LogP contribution in [-0.4, -0.2) is 160 Å². The predicted molar refractivity (Wildman–Crippen MR) is 220 cm³/mol. The number of esters is 5. The number of carbonyl (C=O) groups is 7. The van der Waals surface area contributed by atoms with Crippen molar-refractivity contribution >= 4 is 41.7 Å². The van der Waals surface area contributed by atoms with Gasteiger partial charge in [-0.15, -0.1) is 0 Å². The molecule has 11 atom stereocenters. The monoisotopic (exact) mass is 918 g/mol. The van der Waals surface area contributed by atoms with Crippen LogP contribution in [0.5, 0.6) is 0 Å². The van der Waals surface area contributed by atoms with Gasteiger partial charge >= 0.3 is 29.8 Å². The number of hydrogen-bond donors (Lipinski definition) is 2. The SMILES string of the molecule is CO[C@H]1O[C@H](COCc2ccccc2)[C@H](O)[C@H](O[C@]2(C(=O)OCC(=O)N(C)C)C[C@H](OC(C)=O)[C@@H](NC(C)=O)[C@H]([C@H](OC(C)=O)[C@@H](COC(C)=O)OC(C)=O)O2)[C@H]1OCc1ccccc1. The van der Waals surface area contributed by atoms with E-state index in [4.69, 9.17) is 52.1 Å². The zero-order valence-corrected chi connectivity index (χ0v) is 37.5. The van der Waals surface area contributed by atoms with Crippen molar-refractivity contribution < 1.29 is 90.8 Å². The van der Waals surface area contributed by atoms with E-state index in [1.54, 1.807) is 30.3 Å². The van der Waals surface area contributed by atoms with E-state index in [2.05, 4.69) is 5.32 Å². The van der Waals surface area contributed by atoms with E-state index < -0.39 is 128 Å². The van der Waals surface area contributed by atoms with Crippen molar-refractivity contribution in [3.8, 4) is 0 Å². The Morgan fingerprint density at radius 2 is 1.43 bits per heavy atom. The smallest absolute Gasteiger partial charge is 0.367 e. The zero-order chi connectivity index (χ0) is 47.8. The Balaban J connectivity index is 1.94. The van der Waals surface area contributed by atoms with Gasteiger partial charge in [0, 0.05) is 55.8 Å². The van der Waals surface area contributed by atoms with Gasteiger partial charge in [0.25, 0.3) is 11.7 Å². The van der Waals surface area contributed by atoms with Crippen molar-refractivity contribution in [1.29, 1.82) is 0 Å². The van der Waals surface area contributed by atoms with Crippen LogP contribution in [0.25, 0.3) is 0 Å². The summed E-state index contributed by atoms with van der Waals surface area (Å²) < 4.78 is 65.1. The van der Waals surface area contributed by atoms with Crippen LogP contribution in [0.15, 0.2) is 60.7 Å². The minimum atomic E-state index is -2.89. The molecule has 0 unspecified atom stereocenters. The first-order chi connectivity index (χ1) is 30.8. The fourth-order valence-corrected chi connectivity index (χ4v) is 7.11. The molecule has 65 heavy (non-hydrogen) atoms. The third-order valence-electron chi connectivity index (χ3n) is 9.99. The number of carbonyl (C=O) groups excluding carboxylic acids is 7. The molecule has 0 radical (unpaired) electrons. The summed E-state index contributed by atoms with van der Waals surface area (Å²) in [5.41, 5.74) is 1.48. The summed E-state index contributed by atoms with van der Waals surface area (Å²) in [6.45, 7) is 3.34. The van der Waals surface area contributed by atoms with E-state index in [-0.39, 0.29) is 19.8 Å². The molecule has 2 fully saturated rings. The van der Waals surface area contributed by atoms with Crippen LogP contribution in [0.1, 0.15) is 52.2 Å². The molecule has 0 saturated carbocycles. The van der Waals surface area contributed by atoms with Gasteiger partial charge in [-0.1, -0.05) is 60.7 Å². The molecule has 0 bridgehead atoms. The quantitative estimate of drug-likeness (QED) is 0.130. The summed E-state index contributed by atoms with van der Waals surface area (Å²) >= 11 is 0. The number of rotatable bonds is 21. The fraction of sp³-hybridized carbons (Fsp3) is 0.568. The summed E-state index contributed by atoms with van der Waals surface area (Å²) in [5, 5.41) is 14.9. The van der Waals surface area contributed by atoms with Crippen LogP contribution >= 0.6 is 0 Å². The zero-order valence-electron chi connectivity index (χ0n) is 37.5. The van der Waals surface area contributed by atoms with E-state index >= 15 is 0 Å². The molecule has 2 amide bonds. The maximum Gasteiger partial charge on any atom is 0.367 e. The molecule has 21 nitrogen and oxygen atoms in total. The fourth-order valence-electron chi connectivity index (χ4n) is 7.11. The van der Waals surface area contributed by atoms with Crippen LogP contribution < -0.4 is 5.32 Å². The number of ether oxygens (including phenoxy) is 11. The van der Waals surface area contributed by atoms with Crippen molar-refractivity contribution in [2.75, 3.05) is 41.0 Å². The van der Waals surface area contributed by atoms with E-state index in [0.29, 0.717) is 5.56 Å². The van der Waals surface area contributed by atoms with Gasteiger partial charge < -0.3 is 67.4 Å². The number of aliphatic hydroxyl groups excluding tert-OH is 1. The molecular formula is C44H58N2O19. The molecule has 21 heteroatoms. The summed E-state index contributed by atoms with van der Waals surface area (Å²) in [7, 11) is 4.12. The molecule has 0 aromatic heterocycles. The van der Waals surface area contributed by atoms with E-state index in [1.165, 1.54) is 21.2 Å². The van der Waals surface area contributed by atoms with Gasteiger partial charge in [-0.05, 0) is 11.1 Å². The second-order valence-corrected chi connectivity index (χ2v) is 15.4. The third kappa shape index (κ3) is 15.3. The number of benzene rings is 2. The second-order valence-electron chi connectivity index (χ2n) is 15.4. The number of aliphatic hydroxyl groups is 1. The van der Waals surface area contributed by atoms with Crippen LogP contribution in [-0.2, 0) is 98.9 Å². The van der Waals surface area contributed by atoms with Gasteiger partial charge in [-0.2, -0.15) is 0 Å². The van der Waals surface area contributed by atoms with E-state index in [9.17, 15) is 38.7 Å². The van der Waals surface area contributed by atoms with Crippen molar-refractivity contribution in [2.24, 2.45) is 0 Å². The van der Waals surface area contributed by atoms with Gasteiger partial charge in [-0.3, -0.25) is 28.8 Å². The average Bonchev–Trinajstić information content (AvgIpc) is 3.25. The number of likely N-dealkylation sites (N-methyl/N-ethyl adjacent to an activating group) is 1. The topological polar surface area (TPSA) is 257 Å². The maximum atomic E-state index is 14.8. The standard InChI is InChI=1S/C44H58N2O19/c1-25(47)45-36-32(60-27(3)49)19-44(43(54)59-24-35(52)46(6)7,64-39(36)38(62-29(5)51)34(61-28(4)50)23-57-26(2)48)65-40-37(53)33(22-56-20-30-15-11-9-12-16-30)63-42(55-8)41(40)58-21-31-17-13-10-14-18-31/h9-18,32-34,36-42,53H,19-24H2,1-8H3,(H,45,47)/t32-,33+,34+,36+,37-,38+,39+,40-,41+,42-,44-/m0/s1. The molecule has 2 aliphatic rings. The first-order valence-corrected chi connectivity index (χ1v) is 20.6.